The first-order valence-electron chi connectivity index (χ1n) is 8.25. The summed E-state index contributed by atoms with van der Waals surface area (Å²) in [5.41, 5.74) is -0.197. The summed E-state index contributed by atoms with van der Waals surface area (Å²) in [5.74, 6) is 0.00325. The van der Waals surface area contributed by atoms with Crippen LogP contribution in [0.3, 0.4) is 0 Å². The summed E-state index contributed by atoms with van der Waals surface area (Å²) >= 11 is 0. The van der Waals surface area contributed by atoms with Crippen LogP contribution in [0, 0.1) is 10.1 Å². The molecule has 2 aromatic rings. The van der Waals surface area contributed by atoms with Crippen LogP contribution in [0.2, 0.25) is 0 Å². The molecular weight excluding hydrogens is 372 g/mol. The molecule has 0 aliphatic carbocycles. The third-order valence-electron chi connectivity index (χ3n) is 3.68. The van der Waals surface area contributed by atoms with Crippen LogP contribution in [0.15, 0.2) is 47.4 Å². The average molecular weight is 392 g/mol. The van der Waals surface area contributed by atoms with E-state index in [9.17, 15) is 23.3 Å². The molecule has 0 bridgehead atoms. The molecule has 0 unspecified atom stereocenters. The lowest BCUT2D eigenvalue weighted by Gasteiger charge is -2.09. The Hall–Kier alpha value is -2.94. The largest absolute Gasteiger partial charge is 0.494 e. The number of amides is 1. The summed E-state index contributed by atoms with van der Waals surface area (Å²) in [5, 5.41) is 13.8. The average Bonchev–Trinajstić information content (AvgIpc) is 2.61. The second kappa shape index (κ2) is 8.63. The zero-order valence-corrected chi connectivity index (χ0v) is 15.8. The van der Waals surface area contributed by atoms with Gasteiger partial charge in [-0.2, -0.15) is 0 Å². The normalized spacial score (nSPS) is 11.0. The number of nitro groups is 1. The molecule has 8 nitrogen and oxygen atoms in total. The lowest BCUT2D eigenvalue weighted by atomic mass is 10.2. The van der Waals surface area contributed by atoms with E-state index in [0.29, 0.717) is 18.0 Å². The molecule has 0 saturated heterocycles. The number of rotatable bonds is 8. The maximum atomic E-state index is 12.4. The number of nitrogens with zero attached hydrogens (tertiary/aromatic N) is 1. The van der Waals surface area contributed by atoms with Gasteiger partial charge in [0.2, 0.25) is 0 Å². The highest BCUT2D eigenvalue weighted by molar-refractivity contribution is 7.90. The summed E-state index contributed by atoms with van der Waals surface area (Å²) in [4.78, 5) is 22.3. The van der Waals surface area contributed by atoms with Gasteiger partial charge in [0.15, 0.2) is 9.84 Å². The van der Waals surface area contributed by atoms with E-state index in [0.717, 1.165) is 31.2 Å². The van der Waals surface area contributed by atoms with Crippen molar-refractivity contribution in [1.29, 1.82) is 0 Å². The number of nitrogens with one attached hydrogen (secondary N) is 1. The van der Waals surface area contributed by atoms with Gasteiger partial charge < -0.3 is 10.1 Å². The molecule has 0 aliphatic rings. The molecule has 0 radical (unpaired) electrons. The maximum absolute atomic E-state index is 12.4. The molecule has 2 rings (SSSR count). The molecule has 0 spiro atoms. The number of unbranched alkanes of at least 4 members (excludes halogenated alkanes) is 1. The van der Waals surface area contributed by atoms with Gasteiger partial charge >= 0.3 is 0 Å². The van der Waals surface area contributed by atoms with Crippen molar-refractivity contribution in [2.24, 2.45) is 0 Å². The standard InChI is InChI=1S/C18H20N2O6S/c1-3-4-10-26-15-7-5-6-14(12-15)19-18(21)13-8-9-17(27(2,24)25)16(11-13)20(22)23/h5-9,11-12H,3-4,10H2,1-2H3,(H,19,21). The Bertz CT molecular complexity index is 956. The number of sulfone groups is 1. The fraction of sp³-hybridized carbons (Fsp3) is 0.278. The van der Waals surface area contributed by atoms with Crippen LogP contribution >= 0.6 is 0 Å². The van der Waals surface area contributed by atoms with Crippen molar-refractivity contribution >= 4 is 27.1 Å². The molecule has 0 atom stereocenters. The second-order valence-corrected chi connectivity index (χ2v) is 7.88. The Morgan fingerprint density at radius 1 is 1.22 bits per heavy atom. The van der Waals surface area contributed by atoms with E-state index in [4.69, 9.17) is 4.74 Å². The first-order chi connectivity index (χ1) is 12.7. The highest BCUT2D eigenvalue weighted by Crippen LogP contribution is 2.26. The van der Waals surface area contributed by atoms with Gasteiger partial charge in [-0.15, -0.1) is 0 Å². The highest BCUT2D eigenvalue weighted by atomic mass is 32.2. The van der Waals surface area contributed by atoms with Crippen LogP contribution in [-0.4, -0.2) is 32.1 Å². The molecule has 0 heterocycles. The maximum Gasteiger partial charge on any atom is 0.288 e. The SMILES string of the molecule is CCCCOc1cccc(NC(=O)c2ccc(S(C)(=O)=O)c([N+](=O)[O-])c2)c1. The predicted octanol–water partition coefficient (Wildman–Crippen LogP) is 3.43. The van der Waals surface area contributed by atoms with Crippen molar-refractivity contribution in [1.82, 2.24) is 0 Å². The van der Waals surface area contributed by atoms with Crippen LogP contribution in [0.4, 0.5) is 11.4 Å². The molecule has 144 valence electrons. The molecule has 9 heteroatoms. The van der Waals surface area contributed by atoms with Crippen LogP contribution in [-0.2, 0) is 9.84 Å². The quantitative estimate of drug-likeness (QED) is 0.418. The summed E-state index contributed by atoms with van der Waals surface area (Å²) in [6.07, 6.45) is 2.78. The first-order valence-corrected chi connectivity index (χ1v) is 10.1. The number of nitro benzene ring substituents is 1. The van der Waals surface area contributed by atoms with Gasteiger partial charge in [-0.25, -0.2) is 8.42 Å². The Morgan fingerprint density at radius 2 is 1.96 bits per heavy atom. The lowest BCUT2D eigenvalue weighted by Crippen LogP contribution is -2.13. The van der Waals surface area contributed by atoms with Gasteiger partial charge in [-0.05, 0) is 30.7 Å². The van der Waals surface area contributed by atoms with Crippen LogP contribution in [0.1, 0.15) is 30.1 Å². The minimum Gasteiger partial charge on any atom is -0.494 e. The number of benzene rings is 2. The second-order valence-electron chi connectivity index (χ2n) is 5.90. The zero-order valence-electron chi connectivity index (χ0n) is 15.0. The zero-order chi connectivity index (χ0) is 20.0. The molecule has 1 amide bonds. The predicted molar refractivity (Wildman–Crippen MR) is 101 cm³/mol. The van der Waals surface area contributed by atoms with Crippen molar-refractivity contribution in [3.8, 4) is 5.75 Å². The fourth-order valence-corrected chi connectivity index (χ4v) is 3.14. The van der Waals surface area contributed by atoms with Crippen molar-refractivity contribution < 1.29 is 22.9 Å². The van der Waals surface area contributed by atoms with E-state index in [1.54, 1.807) is 24.3 Å². The Morgan fingerprint density at radius 3 is 2.59 bits per heavy atom. The molecule has 27 heavy (non-hydrogen) atoms. The van der Waals surface area contributed by atoms with Gasteiger partial charge in [0.25, 0.3) is 11.6 Å². The van der Waals surface area contributed by atoms with Gasteiger partial charge in [-0.3, -0.25) is 14.9 Å². The first kappa shape index (κ1) is 20.4. The van der Waals surface area contributed by atoms with E-state index < -0.39 is 31.3 Å². The number of hydrogen-bond donors (Lipinski definition) is 1. The smallest absolute Gasteiger partial charge is 0.288 e. The van der Waals surface area contributed by atoms with E-state index in [1.807, 2.05) is 6.92 Å². The number of carbonyl (C=O) groups excluding carboxylic acids is 1. The van der Waals surface area contributed by atoms with Crippen LogP contribution < -0.4 is 10.1 Å². The lowest BCUT2D eigenvalue weighted by molar-refractivity contribution is -0.387. The third-order valence-corrected chi connectivity index (χ3v) is 4.82. The van der Waals surface area contributed by atoms with E-state index in [1.165, 1.54) is 6.07 Å². The summed E-state index contributed by atoms with van der Waals surface area (Å²) in [7, 11) is -3.79. The number of ether oxygens (including phenoxy) is 1. The highest BCUT2D eigenvalue weighted by Gasteiger charge is 2.24. The number of hydrogen-bond acceptors (Lipinski definition) is 6. The Kier molecular flexibility index (Phi) is 6.51. The Labute approximate surface area is 157 Å². The van der Waals surface area contributed by atoms with E-state index in [2.05, 4.69) is 5.32 Å². The van der Waals surface area contributed by atoms with Crippen LogP contribution in [0.5, 0.6) is 5.75 Å². The molecule has 0 aromatic heterocycles. The van der Waals surface area contributed by atoms with E-state index >= 15 is 0 Å². The molecule has 1 N–H and O–H groups in total. The van der Waals surface area contributed by atoms with Gasteiger partial charge in [0, 0.05) is 29.6 Å². The molecule has 0 saturated carbocycles. The summed E-state index contributed by atoms with van der Waals surface area (Å²) in [6, 6.07) is 10.0. The number of carbonyl (C=O) groups is 1. The summed E-state index contributed by atoms with van der Waals surface area (Å²) in [6.45, 7) is 2.61. The molecular formula is C18H20N2O6S. The number of anilines is 1. The van der Waals surface area contributed by atoms with Gasteiger partial charge in [0.1, 0.15) is 10.6 Å². The van der Waals surface area contributed by atoms with Gasteiger partial charge in [0.05, 0.1) is 11.5 Å². The minimum absolute atomic E-state index is 0.0218. The molecule has 0 aliphatic heterocycles. The summed E-state index contributed by atoms with van der Waals surface area (Å²) < 4.78 is 28.9. The van der Waals surface area contributed by atoms with Crippen LogP contribution in [0.25, 0.3) is 0 Å². The Balaban J connectivity index is 2.22. The van der Waals surface area contributed by atoms with Crippen molar-refractivity contribution in [3.05, 3.63) is 58.1 Å². The fourth-order valence-electron chi connectivity index (χ4n) is 2.32. The van der Waals surface area contributed by atoms with Gasteiger partial charge in [-0.1, -0.05) is 19.4 Å². The molecule has 0 fully saturated rings. The monoisotopic (exact) mass is 392 g/mol. The minimum atomic E-state index is -3.79. The van der Waals surface area contributed by atoms with E-state index in [-0.39, 0.29) is 5.56 Å². The van der Waals surface area contributed by atoms with Crippen molar-refractivity contribution in [3.63, 3.8) is 0 Å². The van der Waals surface area contributed by atoms with Crippen molar-refractivity contribution in [2.75, 3.05) is 18.2 Å². The van der Waals surface area contributed by atoms with Crippen molar-refractivity contribution in [2.45, 2.75) is 24.7 Å². The molecule has 2 aromatic carbocycles. The topological polar surface area (TPSA) is 116 Å². The third kappa shape index (κ3) is 5.52.